The van der Waals surface area contributed by atoms with E-state index >= 15 is 0 Å². The van der Waals surface area contributed by atoms with Crippen LogP contribution in [0.2, 0.25) is 0 Å². The Morgan fingerprint density at radius 1 is 1.42 bits per heavy atom. The number of carbonyl (C=O) groups excluding carboxylic acids is 1. The number of amides is 1. The minimum absolute atomic E-state index is 0.122. The number of carbonyl (C=O) groups is 2. The largest absolute Gasteiger partial charge is 0.477 e. The number of rotatable bonds is 4. The van der Waals surface area contributed by atoms with Gasteiger partial charge in [-0.1, -0.05) is 6.07 Å². The van der Waals surface area contributed by atoms with E-state index < -0.39 is 5.97 Å². The number of carboxylic acids is 1. The number of carboxylic acid groups (broad SMARTS) is 1. The van der Waals surface area contributed by atoms with Crippen LogP contribution in [0.1, 0.15) is 33.8 Å². The smallest absolute Gasteiger partial charge is 0.354 e. The molecule has 0 saturated carbocycles. The van der Waals surface area contributed by atoms with Crippen molar-refractivity contribution in [1.82, 2.24) is 10.3 Å². The van der Waals surface area contributed by atoms with E-state index in [2.05, 4.69) is 10.3 Å². The Balaban J connectivity index is 1.92. The van der Waals surface area contributed by atoms with Crippen LogP contribution in [0.5, 0.6) is 0 Å². The van der Waals surface area contributed by atoms with E-state index in [1.807, 2.05) is 0 Å². The predicted octanol–water partition coefficient (Wildman–Crippen LogP) is 0.936. The molecule has 2 rings (SSSR count). The second-order valence-electron chi connectivity index (χ2n) is 4.51. The first kappa shape index (κ1) is 13.5. The van der Waals surface area contributed by atoms with Crippen molar-refractivity contribution in [1.29, 1.82) is 0 Å². The van der Waals surface area contributed by atoms with Gasteiger partial charge >= 0.3 is 5.97 Å². The van der Waals surface area contributed by atoms with Crippen LogP contribution in [0.15, 0.2) is 18.2 Å². The first-order valence-corrected chi connectivity index (χ1v) is 6.23. The van der Waals surface area contributed by atoms with E-state index in [0.29, 0.717) is 19.1 Å². The second kappa shape index (κ2) is 6.29. The molecule has 1 fully saturated rings. The first-order valence-electron chi connectivity index (χ1n) is 6.23. The van der Waals surface area contributed by atoms with E-state index in [4.69, 9.17) is 9.84 Å². The van der Waals surface area contributed by atoms with Crippen molar-refractivity contribution in [3.8, 4) is 0 Å². The fraction of sp³-hybridized carbons (Fsp3) is 0.462. The molecule has 6 nitrogen and oxygen atoms in total. The SMILES string of the molecule is O=C(O)c1cccc(C(=O)NCC2CCCOC2)n1. The average Bonchev–Trinajstić information content (AvgIpc) is 2.46. The minimum Gasteiger partial charge on any atom is -0.477 e. The number of aromatic carboxylic acids is 1. The van der Waals surface area contributed by atoms with Gasteiger partial charge in [-0.3, -0.25) is 4.79 Å². The van der Waals surface area contributed by atoms with Crippen molar-refractivity contribution in [3.05, 3.63) is 29.6 Å². The van der Waals surface area contributed by atoms with Gasteiger partial charge in [0.15, 0.2) is 0 Å². The van der Waals surface area contributed by atoms with Gasteiger partial charge in [0.1, 0.15) is 11.4 Å². The van der Waals surface area contributed by atoms with Gasteiger partial charge in [-0.25, -0.2) is 9.78 Å². The summed E-state index contributed by atoms with van der Waals surface area (Å²) in [5, 5.41) is 11.6. The summed E-state index contributed by atoms with van der Waals surface area (Å²) in [4.78, 5) is 26.4. The fourth-order valence-electron chi connectivity index (χ4n) is 1.98. The van der Waals surface area contributed by atoms with Crippen molar-refractivity contribution >= 4 is 11.9 Å². The maximum Gasteiger partial charge on any atom is 0.354 e. The lowest BCUT2D eigenvalue weighted by atomic mass is 10.0. The number of nitrogens with one attached hydrogen (secondary N) is 1. The van der Waals surface area contributed by atoms with Gasteiger partial charge in [0.2, 0.25) is 0 Å². The van der Waals surface area contributed by atoms with Crippen LogP contribution >= 0.6 is 0 Å². The molecule has 0 aliphatic carbocycles. The lowest BCUT2D eigenvalue weighted by Crippen LogP contribution is -2.33. The van der Waals surface area contributed by atoms with Gasteiger partial charge in [0.05, 0.1) is 6.61 Å². The molecule has 1 amide bonds. The minimum atomic E-state index is -1.14. The lowest BCUT2D eigenvalue weighted by molar-refractivity contribution is 0.0535. The zero-order valence-electron chi connectivity index (χ0n) is 10.5. The highest BCUT2D eigenvalue weighted by atomic mass is 16.5. The van der Waals surface area contributed by atoms with Crippen LogP contribution in [-0.2, 0) is 4.74 Å². The summed E-state index contributed by atoms with van der Waals surface area (Å²) >= 11 is 0. The third-order valence-corrected chi connectivity index (χ3v) is 3.01. The Morgan fingerprint density at radius 3 is 2.89 bits per heavy atom. The van der Waals surface area contributed by atoms with Gasteiger partial charge in [0.25, 0.3) is 5.91 Å². The molecule has 1 aliphatic rings. The highest BCUT2D eigenvalue weighted by molar-refractivity contribution is 5.94. The van der Waals surface area contributed by atoms with Crippen molar-refractivity contribution in [2.45, 2.75) is 12.8 Å². The Kier molecular flexibility index (Phi) is 4.46. The predicted molar refractivity (Wildman–Crippen MR) is 67.1 cm³/mol. The van der Waals surface area contributed by atoms with Gasteiger partial charge in [-0.2, -0.15) is 0 Å². The molecular formula is C13H16N2O4. The molecule has 1 atom stereocenters. The molecular weight excluding hydrogens is 248 g/mol. The third-order valence-electron chi connectivity index (χ3n) is 3.01. The monoisotopic (exact) mass is 264 g/mol. The Hall–Kier alpha value is -1.95. The molecule has 0 aromatic carbocycles. The highest BCUT2D eigenvalue weighted by Gasteiger charge is 2.16. The van der Waals surface area contributed by atoms with E-state index in [0.717, 1.165) is 19.4 Å². The fourth-order valence-corrected chi connectivity index (χ4v) is 1.98. The number of ether oxygens (including phenoxy) is 1. The maximum atomic E-state index is 11.9. The molecule has 19 heavy (non-hydrogen) atoms. The molecule has 6 heteroatoms. The van der Waals surface area contributed by atoms with Crippen molar-refractivity contribution in [2.75, 3.05) is 19.8 Å². The summed E-state index contributed by atoms with van der Waals surface area (Å²) in [7, 11) is 0. The van der Waals surface area contributed by atoms with Crippen molar-refractivity contribution in [2.24, 2.45) is 5.92 Å². The van der Waals surface area contributed by atoms with E-state index in [1.54, 1.807) is 0 Å². The topological polar surface area (TPSA) is 88.5 Å². The van der Waals surface area contributed by atoms with Crippen LogP contribution in [0.3, 0.4) is 0 Å². The number of hydrogen-bond acceptors (Lipinski definition) is 4. The summed E-state index contributed by atoms with van der Waals surface area (Å²) < 4.78 is 5.33. The first-order chi connectivity index (χ1) is 9.16. The molecule has 102 valence electrons. The lowest BCUT2D eigenvalue weighted by Gasteiger charge is -2.22. The summed E-state index contributed by atoms with van der Waals surface area (Å²) in [6.45, 7) is 1.97. The summed E-state index contributed by atoms with van der Waals surface area (Å²) in [5.74, 6) is -1.18. The molecule has 1 saturated heterocycles. The number of aromatic nitrogens is 1. The summed E-state index contributed by atoms with van der Waals surface area (Å²) in [5.41, 5.74) is -0.00900. The molecule has 1 aromatic heterocycles. The van der Waals surface area contributed by atoms with Gasteiger partial charge in [0, 0.05) is 13.2 Å². The molecule has 0 bridgehead atoms. The number of nitrogens with zero attached hydrogens (tertiary/aromatic N) is 1. The molecule has 0 spiro atoms. The number of hydrogen-bond donors (Lipinski definition) is 2. The molecule has 1 aliphatic heterocycles. The average molecular weight is 264 g/mol. The van der Waals surface area contributed by atoms with Crippen LogP contribution in [0.25, 0.3) is 0 Å². The molecule has 2 N–H and O–H groups in total. The Bertz CT molecular complexity index is 469. The molecule has 0 radical (unpaired) electrons. The second-order valence-corrected chi connectivity index (χ2v) is 4.51. The van der Waals surface area contributed by atoms with Gasteiger partial charge in [-0.05, 0) is 30.9 Å². The van der Waals surface area contributed by atoms with E-state index in [9.17, 15) is 9.59 Å². The van der Waals surface area contributed by atoms with Crippen molar-refractivity contribution < 1.29 is 19.4 Å². The standard InChI is InChI=1S/C13H16N2O4/c16-12(14-7-9-3-2-6-19-8-9)10-4-1-5-11(15-10)13(17)18/h1,4-5,9H,2-3,6-8H2,(H,14,16)(H,17,18). The quantitative estimate of drug-likeness (QED) is 0.844. The summed E-state index contributed by atoms with van der Waals surface area (Å²) in [6.07, 6.45) is 2.04. The Labute approximate surface area is 110 Å². The van der Waals surface area contributed by atoms with E-state index in [1.165, 1.54) is 18.2 Å². The highest BCUT2D eigenvalue weighted by Crippen LogP contribution is 2.12. The molecule has 2 heterocycles. The van der Waals surface area contributed by atoms with Gasteiger partial charge in [-0.15, -0.1) is 0 Å². The van der Waals surface area contributed by atoms with Crippen LogP contribution in [0.4, 0.5) is 0 Å². The van der Waals surface area contributed by atoms with Gasteiger partial charge < -0.3 is 15.2 Å². The zero-order chi connectivity index (χ0) is 13.7. The van der Waals surface area contributed by atoms with Crippen molar-refractivity contribution in [3.63, 3.8) is 0 Å². The normalized spacial score (nSPS) is 18.8. The van der Waals surface area contributed by atoms with Crippen LogP contribution < -0.4 is 5.32 Å². The van der Waals surface area contributed by atoms with Crippen LogP contribution in [0, 0.1) is 5.92 Å². The molecule has 1 aromatic rings. The molecule has 1 unspecified atom stereocenters. The number of pyridine rings is 1. The van der Waals surface area contributed by atoms with Crippen LogP contribution in [-0.4, -0.2) is 41.7 Å². The maximum absolute atomic E-state index is 11.9. The zero-order valence-corrected chi connectivity index (χ0v) is 10.5. The van der Waals surface area contributed by atoms with E-state index in [-0.39, 0.29) is 17.3 Å². The summed E-state index contributed by atoms with van der Waals surface area (Å²) in [6, 6.07) is 4.36. The Morgan fingerprint density at radius 2 is 2.21 bits per heavy atom. The third kappa shape index (κ3) is 3.75.